The Balaban J connectivity index is 1.66. The van der Waals surface area contributed by atoms with Crippen molar-refractivity contribution in [1.29, 1.82) is 0 Å². The van der Waals surface area contributed by atoms with Crippen molar-refractivity contribution in [1.82, 2.24) is 9.97 Å². The molecule has 0 fully saturated rings. The van der Waals surface area contributed by atoms with Crippen molar-refractivity contribution in [2.75, 3.05) is 16.8 Å². The van der Waals surface area contributed by atoms with Gasteiger partial charge < -0.3 is 10.2 Å². The van der Waals surface area contributed by atoms with Crippen LogP contribution in [0.25, 0.3) is 0 Å². The van der Waals surface area contributed by atoms with Crippen LogP contribution < -0.4 is 10.2 Å². The first kappa shape index (κ1) is 14.7. The Kier molecular flexibility index (Phi) is 3.65. The van der Waals surface area contributed by atoms with Crippen LogP contribution in [0.2, 0.25) is 0 Å². The maximum absolute atomic E-state index is 4.65. The number of hydrogen-bond donors (Lipinski definition) is 1. The average Bonchev–Trinajstić information content (AvgIpc) is 3.01. The number of fused-ring (bicyclic) bond motifs is 1. The molecule has 2 heterocycles. The van der Waals surface area contributed by atoms with Gasteiger partial charge in [-0.2, -0.15) is 0 Å². The van der Waals surface area contributed by atoms with Crippen LogP contribution in [0.15, 0.2) is 54.6 Å². The molecule has 24 heavy (non-hydrogen) atoms. The number of nitrogens with one attached hydrogen (secondary N) is 1. The molecule has 1 aromatic heterocycles. The molecule has 0 saturated carbocycles. The summed E-state index contributed by atoms with van der Waals surface area (Å²) < 4.78 is 0. The van der Waals surface area contributed by atoms with E-state index in [1.807, 2.05) is 13.0 Å². The van der Waals surface area contributed by atoms with Gasteiger partial charge in [0, 0.05) is 24.0 Å². The first-order valence-electron chi connectivity index (χ1n) is 8.24. The maximum Gasteiger partial charge on any atom is 0.138 e. The summed E-state index contributed by atoms with van der Waals surface area (Å²) in [7, 11) is 0. The molecule has 0 aliphatic carbocycles. The third-order valence-corrected chi connectivity index (χ3v) is 4.31. The summed E-state index contributed by atoms with van der Waals surface area (Å²) in [4.78, 5) is 11.4. The third kappa shape index (κ3) is 2.83. The minimum Gasteiger partial charge on any atom is -0.340 e. The monoisotopic (exact) mass is 316 g/mol. The SMILES string of the molecule is Cc1ccc(Nc2cc(N3CCc4ccccc43)nc(C)n2)cc1. The highest BCUT2D eigenvalue weighted by Gasteiger charge is 2.21. The minimum absolute atomic E-state index is 0.770. The number of benzene rings is 2. The molecule has 0 atom stereocenters. The molecule has 1 aliphatic heterocycles. The van der Waals surface area contributed by atoms with Gasteiger partial charge >= 0.3 is 0 Å². The average molecular weight is 316 g/mol. The standard InChI is InChI=1S/C20H20N4/c1-14-7-9-17(10-8-14)23-19-13-20(22-15(2)21-19)24-12-11-16-5-3-4-6-18(16)24/h3-10,13H,11-12H2,1-2H3,(H,21,22,23). The molecule has 2 aromatic carbocycles. The zero-order valence-corrected chi connectivity index (χ0v) is 14.0. The second-order valence-electron chi connectivity index (χ2n) is 6.18. The quantitative estimate of drug-likeness (QED) is 0.770. The van der Waals surface area contributed by atoms with E-state index in [0.29, 0.717) is 0 Å². The van der Waals surface area contributed by atoms with E-state index in [0.717, 1.165) is 36.1 Å². The van der Waals surface area contributed by atoms with Gasteiger partial charge in [0.2, 0.25) is 0 Å². The molecule has 0 unspecified atom stereocenters. The maximum atomic E-state index is 4.65. The van der Waals surface area contributed by atoms with Gasteiger partial charge in [0.25, 0.3) is 0 Å². The molecule has 4 nitrogen and oxygen atoms in total. The van der Waals surface area contributed by atoms with Gasteiger partial charge in [-0.25, -0.2) is 9.97 Å². The first-order valence-corrected chi connectivity index (χ1v) is 8.24. The summed E-state index contributed by atoms with van der Waals surface area (Å²) in [5.41, 5.74) is 4.90. The summed E-state index contributed by atoms with van der Waals surface area (Å²) >= 11 is 0. The zero-order chi connectivity index (χ0) is 16.5. The van der Waals surface area contributed by atoms with Crippen LogP contribution in [0, 0.1) is 13.8 Å². The number of aryl methyl sites for hydroxylation is 2. The highest BCUT2D eigenvalue weighted by molar-refractivity contribution is 5.70. The molecule has 1 aliphatic rings. The van der Waals surface area contributed by atoms with Crippen molar-refractivity contribution in [3.63, 3.8) is 0 Å². The van der Waals surface area contributed by atoms with Gasteiger partial charge in [0.1, 0.15) is 17.5 Å². The van der Waals surface area contributed by atoms with Crippen LogP contribution in [0.1, 0.15) is 17.0 Å². The van der Waals surface area contributed by atoms with E-state index in [4.69, 9.17) is 0 Å². The van der Waals surface area contributed by atoms with E-state index >= 15 is 0 Å². The molecule has 0 amide bonds. The van der Waals surface area contributed by atoms with E-state index in [1.165, 1.54) is 16.8 Å². The van der Waals surface area contributed by atoms with Gasteiger partial charge in [0.15, 0.2) is 0 Å². The van der Waals surface area contributed by atoms with E-state index in [-0.39, 0.29) is 0 Å². The fourth-order valence-corrected chi connectivity index (χ4v) is 3.12. The summed E-state index contributed by atoms with van der Waals surface area (Å²) in [6.45, 7) is 4.98. The lowest BCUT2D eigenvalue weighted by molar-refractivity contribution is 0.947. The number of anilines is 4. The second-order valence-corrected chi connectivity index (χ2v) is 6.18. The van der Waals surface area contributed by atoms with Gasteiger partial charge in [-0.15, -0.1) is 0 Å². The lowest BCUT2D eigenvalue weighted by Gasteiger charge is -2.19. The second kappa shape index (κ2) is 5.96. The molecule has 120 valence electrons. The van der Waals surface area contributed by atoms with E-state index in [1.54, 1.807) is 0 Å². The predicted octanol–water partition coefficient (Wildman–Crippen LogP) is 4.53. The Labute approximate surface area is 142 Å². The largest absolute Gasteiger partial charge is 0.340 e. The van der Waals surface area contributed by atoms with Crippen LogP contribution >= 0.6 is 0 Å². The highest BCUT2D eigenvalue weighted by Crippen LogP contribution is 2.34. The van der Waals surface area contributed by atoms with Crippen molar-refractivity contribution >= 4 is 23.0 Å². The van der Waals surface area contributed by atoms with E-state index < -0.39 is 0 Å². The minimum atomic E-state index is 0.770. The Morgan fingerprint density at radius 2 is 1.75 bits per heavy atom. The lowest BCUT2D eigenvalue weighted by atomic mass is 10.2. The van der Waals surface area contributed by atoms with Crippen LogP contribution in [0.5, 0.6) is 0 Å². The van der Waals surface area contributed by atoms with Gasteiger partial charge in [-0.3, -0.25) is 0 Å². The molecule has 0 radical (unpaired) electrons. The summed E-state index contributed by atoms with van der Waals surface area (Å²) in [6, 6.07) is 18.9. The Bertz CT molecular complexity index is 871. The van der Waals surface area contributed by atoms with E-state index in [2.05, 4.69) is 75.6 Å². The van der Waals surface area contributed by atoms with Crippen molar-refractivity contribution in [2.24, 2.45) is 0 Å². The van der Waals surface area contributed by atoms with Crippen LogP contribution in [-0.2, 0) is 6.42 Å². The van der Waals surface area contributed by atoms with E-state index in [9.17, 15) is 0 Å². The van der Waals surface area contributed by atoms with Gasteiger partial charge in [0.05, 0.1) is 0 Å². The predicted molar refractivity (Wildman–Crippen MR) is 98.4 cm³/mol. The number of rotatable bonds is 3. The molecule has 4 heteroatoms. The molecule has 4 rings (SSSR count). The summed E-state index contributed by atoms with van der Waals surface area (Å²) in [5, 5.41) is 3.38. The van der Waals surface area contributed by atoms with Gasteiger partial charge in [-0.1, -0.05) is 35.9 Å². The lowest BCUT2D eigenvalue weighted by Crippen LogP contribution is -2.16. The Morgan fingerprint density at radius 1 is 0.958 bits per heavy atom. The van der Waals surface area contributed by atoms with Gasteiger partial charge in [-0.05, 0) is 44.0 Å². The van der Waals surface area contributed by atoms with Crippen molar-refractivity contribution in [2.45, 2.75) is 20.3 Å². The fourth-order valence-electron chi connectivity index (χ4n) is 3.12. The highest BCUT2D eigenvalue weighted by atomic mass is 15.2. The fraction of sp³-hybridized carbons (Fsp3) is 0.200. The number of para-hydroxylation sites is 1. The number of nitrogens with zero attached hydrogens (tertiary/aromatic N) is 3. The first-order chi connectivity index (χ1) is 11.7. The zero-order valence-electron chi connectivity index (χ0n) is 14.0. The normalized spacial score (nSPS) is 13.0. The molecular weight excluding hydrogens is 296 g/mol. The summed E-state index contributed by atoms with van der Waals surface area (Å²) in [6.07, 6.45) is 1.06. The Morgan fingerprint density at radius 3 is 2.58 bits per heavy atom. The van der Waals surface area contributed by atoms with Crippen LogP contribution in [0.3, 0.4) is 0 Å². The van der Waals surface area contributed by atoms with Crippen molar-refractivity contribution in [3.8, 4) is 0 Å². The third-order valence-electron chi connectivity index (χ3n) is 4.31. The smallest absolute Gasteiger partial charge is 0.138 e. The summed E-state index contributed by atoms with van der Waals surface area (Å²) in [5.74, 6) is 2.54. The molecule has 0 saturated heterocycles. The molecule has 0 bridgehead atoms. The van der Waals surface area contributed by atoms with Crippen molar-refractivity contribution < 1.29 is 0 Å². The molecule has 0 spiro atoms. The number of aromatic nitrogens is 2. The van der Waals surface area contributed by atoms with Crippen LogP contribution in [0.4, 0.5) is 23.0 Å². The molecule has 1 N–H and O–H groups in total. The van der Waals surface area contributed by atoms with Crippen LogP contribution in [-0.4, -0.2) is 16.5 Å². The molecule has 3 aromatic rings. The molecular formula is C20H20N4. The topological polar surface area (TPSA) is 41.0 Å². The van der Waals surface area contributed by atoms with Crippen molar-refractivity contribution in [3.05, 3.63) is 71.5 Å². The number of hydrogen-bond acceptors (Lipinski definition) is 4. The Hall–Kier alpha value is -2.88.